The number of rotatable bonds is 10. The molecule has 9 heteroatoms. The first kappa shape index (κ1) is 25.6. The molecule has 0 aliphatic rings. The molecule has 34 heavy (non-hydrogen) atoms. The van der Waals surface area contributed by atoms with Crippen molar-refractivity contribution in [3.8, 4) is 11.5 Å². The zero-order valence-electron chi connectivity index (χ0n) is 19.2. The van der Waals surface area contributed by atoms with Gasteiger partial charge in [0.05, 0.1) is 26.8 Å². The van der Waals surface area contributed by atoms with Gasteiger partial charge in [0.15, 0.2) is 0 Å². The van der Waals surface area contributed by atoms with Gasteiger partial charge in [0.1, 0.15) is 16.4 Å². The molecule has 1 amide bonds. The molecule has 0 fully saturated rings. The Morgan fingerprint density at radius 1 is 1.00 bits per heavy atom. The van der Waals surface area contributed by atoms with Gasteiger partial charge < -0.3 is 14.8 Å². The number of nitrogens with one attached hydrogen (secondary N) is 1. The molecule has 3 rings (SSSR count). The van der Waals surface area contributed by atoms with Crippen molar-refractivity contribution in [2.24, 2.45) is 0 Å². The maximum absolute atomic E-state index is 13.6. The Morgan fingerprint density at radius 3 is 2.29 bits per heavy atom. The fraction of sp³-hybridized carbons (Fsp3) is 0.240. The lowest BCUT2D eigenvalue weighted by Crippen LogP contribution is -2.41. The van der Waals surface area contributed by atoms with Crippen LogP contribution in [0.25, 0.3) is 0 Å². The molecule has 1 atom stereocenters. The van der Waals surface area contributed by atoms with Crippen LogP contribution in [0.2, 0.25) is 5.02 Å². The molecule has 3 aromatic carbocycles. The molecule has 0 aromatic heterocycles. The first-order chi connectivity index (χ1) is 16.2. The van der Waals surface area contributed by atoms with Gasteiger partial charge in [-0.05, 0) is 48.4 Å². The zero-order chi connectivity index (χ0) is 24.7. The van der Waals surface area contributed by atoms with Crippen LogP contribution in [0.15, 0.2) is 77.7 Å². The Balaban J connectivity index is 1.87. The maximum atomic E-state index is 13.6. The van der Waals surface area contributed by atoms with E-state index in [2.05, 4.69) is 5.32 Å². The van der Waals surface area contributed by atoms with Gasteiger partial charge in [0.25, 0.3) is 0 Å². The second kappa shape index (κ2) is 11.4. The minimum atomic E-state index is -4.12. The van der Waals surface area contributed by atoms with Crippen molar-refractivity contribution < 1.29 is 22.7 Å². The average Bonchev–Trinajstić information content (AvgIpc) is 2.84. The molecule has 0 spiro atoms. The number of methoxy groups -OCH3 is 2. The summed E-state index contributed by atoms with van der Waals surface area (Å²) in [5, 5.41) is 3.12. The summed E-state index contributed by atoms with van der Waals surface area (Å²) in [5.41, 5.74) is 1.60. The zero-order valence-corrected chi connectivity index (χ0v) is 20.8. The molecule has 1 N–H and O–H groups in total. The molecule has 0 radical (unpaired) electrons. The minimum absolute atomic E-state index is 0.00315. The van der Waals surface area contributed by atoms with Crippen molar-refractivity contribution in [2.45, 2.75) is 24.4 Å². The lowest BCUT2D eigenvalue weighted by molar-refractivity contribution is -0.122. The highest BCUT2D eigenvalue weighted by Gasteiger charge is 2.30. The second-order valence-electron chi connectivity index (χ2n) is 7.62. The van der Waals surface area contributed by atoms with Gasteiger partial charge in [-0.1, -0.05) is 54.1 Å². The number of amides is 1. The molecule has 3 aromatic rings. The first-order valence-electron chi connectivity index (χ1n) is 10.6. The van der Waals surface area contributed by atoms with Crippen LogP contribution in [0.3, 0.4) is 0 Å². The van der Waals surface area contributed by atoms with E-state index < -0.39 is 15.9 Å². The molecule has 0 aliphatic heterocycles. The van der Waals surface area contributed by atoms with E-state index >= 15 is 0 Å². The highest BCUT2D eigenvalue weighted by Crippen LogP contribution is 2.30. The number of nitrogens with zero attached hydrogens (tertiary/aromatic N) is 1. The molecule has 0 aliphatic carbocycles. The molecule has 7 nitrogen and oxygen atoms in total. The molecule has 0 unspecified atom stereocenters. The van der Waals surface area contributed by atoms with Crippen molar-refractivity contribution in [3.63, 3.8) is 0 Å². The van der Waals surface area contributed by atoms with Crippen LogP contribution < -0.4 is 14.8 Å². The summed E-state index contributed by atoms with van der Waals surface area (Å²) < 4.78 is 38.8. The highest BCUT2D eigenvalue weighted by molar-refractivity contribution is 7.89. The standard InChI is InChI=1S/C25H27ClN2O5S/c1-18(20-9-12-22(32-2)13-10-20)27-25(29)17-28(16-19-7-5-4-6-8-19)34(30,31)24-15-21(26)11-14-23(24)33-3/h4-15,18H,16-17H2,1-3H3,(H,27,29)/t18-/m0/s1. The predicted molar refractivity (Wildman–Crippen MR) is 132 cm³/mol. The van der Waals surface area contributed by atoms with E-state index in [9.17, 15) is 13.2 Å². The smallest absolute Gasteiger partial charge is 0.247 e. The number of hydrogen-bond acceptors (Lipinski definition) is 5. The molecule has 0 saturated heterocycles. The quantitative estimate of drug-likeness (QED) is 0.443. The Bertz CT molecular complexity index is 1220. The maximum Gasteiger partial charge on any atom is 0.247 e. The molecule has 0 heterocycles. The Kier molecular flexibility index (Phi) is 8.55. The highest BCUT2D eigenvalue weighted by atomic mass is 35.5. The second-order valence-corrected chi connectivity index (χ2v) is 9.96. The predicted octanol–water partition coefficient (Wildman–Crippen LogP) is 4.43. The summed E-state index contributed by atoms with van der Waals surface area (Å²) in [6.07, 6.45) is 0. The summed E-state index contributed by atoms with van der Waals surface area (Å²) >= 11 is 6.08. The number of halogens is 1. The summed E-state index contributed by atoms with van der Waals surface area (Å²) in [6, 6.07) is 20.4. The largest absolute Gasteiger partial charge is 0.497 e. The van der Waals surface area contributed by atoms with Crippen LogP contribution in [0.1, 0.15) is 24.1 Å². The SMILES string of the molecule is COc1ccc([C@H](C)NC(=O)CN(Cc2ccccc2)S(=O)(=O)c2cc(Cl)ccc2OC)cc1. The fourth-order valence-electron chi connectivity index (χ4n) is 3.43. The topological polar surface area (TPSA) is 84.9 Å². The van der Waals surface area contributed by atoms with E-state index in [1.807, 2.05) is 37.3 Å². The number of hydrogen-bond donors (Lipinski definition) is 1. The minimum Gasteiger partial charge on any atom is -0.497 e. The van der Waals surface area contributed by atoms with Crippen LogP contribution in [-0.2, 0) is 21.4 Å². The van der Waals surface area contributed by atoms with Gasteiger partial charge in [0.2, 0.25) is 15.9 Å². The van der Waals surface area contributed by atoms with E-state index in [4.69, 9.17) is 21.1 Å². The van der Waals surface area contributed by atoms with E-state index in [0.717, 1.165) is 15.4 Å². The lowest BCUT2D eigenvalue weighted by atomic mass is 10.1. The van der Waals surface area contributed by atoms with Crippen LogP contribution in [0.5, 0.6) is 11.5 Å². The summed E-state index contributed by atoms with van der Waals surface area (Å²) in [4.78, 5) is 12.8. The molecule has 180 valence electrons. The van der Waals surface area contributed by atoms with Crippen LogP contribution >= 0.6 is 11.6 Å². The van der Waals surface area contributed by atoms with Gasteiger partial charge >= 0.3 is 0 Å². The Labute approximate surface area is 205 Å². The van der Waals surface area contributed by atoms with Gasteiger partial charge in [-0.15, -0.1) is 0 Å². The van der Waals surface area contributed by atoms with E-state index in [-0.39, 0.29) is 34.8 Å². The monoisotopic (exact) mass is 502 g/mol. The molecular formula is C25H27ClN2O5S. The molecular weight excluding hydrogens is 476 g/mol. The van der Waals surface area contributed by atoms with Gasteiger partial charge in [-0.3, -0.25) is 4.79 Å². The Hall–Kier alpha value is -3.07. The van der Waals surface area contributed by atoms with Crippen molar-refractivity contribution >= 4 is 27.5 Å². The van der Waals surface area contributed by atoms with Gasteiger partial charge in [-0.2, -0.15) is 4.31 Å². The number of carbonyl (C=O) groups excluding carboxylic acids is 1. The number of benzene rings is 3. The van der Waals surface area contributed by atoms with Crippen LogP contribution in [0.4, 0.5) is 0 Å². The molecule has 0 bridgehead atoms. The summed E-state index contributed by atoms with van der Waals surface area (Å²) in [5.74, 6) is 0.413. The lowest BCUT2D eigenvalue weighted by Gasteiger charge is -2.24. The van der Waals surface area contributed by atoms with E-state index in [1.54, 1.807) is 37.4 Å². The fourth-order valence-corrected chi connectivity index (χ4v) is 5.23. The number of carbonyl (C=O) groups is 1. The van der Waals surface area contributed by atoms with Crippen molar-refractivity contribution in [1.29, 1.82) is 0 Å². The van der Waals surface area contributed by atoms with E-state index in [0.29, 0.717) is 5.75 Å². The number of ether oxygens (including phenoxy) is 2. The van der Waals surface area contributed by atoms with Gasteiger partial charge in [0, 0.05) is 11.6 Å². The van der Waals surface area contributed by atoms with Crippen molar-refractivity contribution in [1.82, 2.24) is 9.62 Å². The third kappa shape index (κ3) is 6.28. The van der Waals surface area contributed by atoms with Crippen molar-refractivity contribution in [2.75, 3.05) is 20.8 Å². The normalized spacial score (nSPS) is 12.3. The van der Waals surface area contributed by atoms with Gasteiger partial charge in [-0.25, -0.2) is 8.42 Å². The Morgan fingerprint density at radius 2 is 1.68 bits per heavy atom. The third-order valence-electron chi connectivity index (χ3n) is 5.26. The van der Waals surface area contributed by atoms with Crippen molar-refractivity contribution in [3.05, 3.63) is 88.9 Å². The number of sulfonamides is 1. The third-order valence-corrected chi connectivity index (χ3v) is 7.31. The van der Waals surface area contributed by atoms with Crippen LogP contribution in [-0.4, -0.2) is 39.4 Å². The van der Waals surface area contributed by atoms with E-state index in [1.165, 1.54) is 19.2 Å². The summed E-state index contributed by atoms with van der Waals surface area (Å²) in [6.45, 7) is 1.45. The first-order valence-corrected chi connectivity index (χ1v) is 12.4. The van der Waals surface area contributed by atoms with Crippen LogP contribution in [0, 0.1) is 0 Å². The summed E-state index contributed by atoms with van der Waals surface area (Å²) in [7, 11) is -1.16. The average molecular weight is 503 g/mol. The molecule has 0 saturated carbocycles.